The number of ketones is 1. The van der Waals surface area contributed by atoms with E-state index in [4.69, 9.17) is 4.84 Å². The van der Waals surface area contributed by atoms with Crippen LogP contribution in [0, 0.1) is 11.8 Å². The molecule has 1 heterocycles. The molecule has 1 aliphatic carbocycles. The van der Waals surface area contributed by atoms with E-state index in [9.17, 15) is 23.6 Å². The number of hydrogen-bond donors (Lipinski definition) is 0. The standard InChI is InChI=1S/C18H22FNO5/c19-18(12-6-2-1-3-7-13-18)14(21)8-4-5-9-17(24)25-20-15(22)10-11-16(20)23/h1-6,8-12H2. The monoisotopic (exact) mass is 351 g/mol. The van der Waals surface area contributed by atoms with Crippen LogP contribution in [0.1, 0.15) is 70.6 Å². The highest BCUT2D eigenvalue weighted by atomic mass is 19.1. The molecular weight excluding hydrogens is 329 g/mol. The van der Waals surface area contributed by atoms with Crippen molar-refractivity contribution in [3.8, 4) is 11.8 Å². The Bertz CT molecular complexity index is 605. The third-order valence-corrected chi connectivity index (χ3v) is 4.29. The number of amides is 2. The number of hydrogen-bond acceptors (Lipinski definition) is 5. The summed E-state index contributed by atoms with van der Waals surface area (Å²) >= 11 is 0. The first kappa shape index (κ1) is 19.1. The fourth-order valence-electron chi connectivity index (χ4n) is 2.79. The Morgan fingerprint density at radius 1 is 1.08 bits per heavy atom. The summed E-state index contributed by atoms with van der Waals surface area (Å²) in [7, 11) is 0. The van der Waals surface area contributed by atoms with Crippen molar-refractivity contribution in [3.63, 3.8) is 0 Å². The van der Waals surface area contributed by atoms with Crippen molar-refractivity contribution in [3.05, 3.63) is 0 Å². The van der Waals surface area contributed by atoms with Gasteiger partial charge in [0.05, 0.1) is 0 Å². The Morgan fingerprint density at radius 2 is 1.76 bits per heavy atom. The number of carbonyl (C=O) groups excluding carboxylic acids is 4. The van der Waals surface area contributed by atoms with Crippen molar-refractivity contribution >= 4 is 23.6 Å². The second-order valence-corrected chi connectivity index (χ2v) is 6.34. The number of carbonyl (C=O) groups is 4. The molecule has 6 nitrogen and oxygen atoms in total. The highest BCUT2D eigenvalue weighted by Crippen LogP contribution is 2.25. The van der Waals surface area contributed by atoms with Crippen molar-refractivity contribution in [1.29, 1.82) is 0 Å². The van der Waals surface area contributed by atoms with Gasteiger partial charge in [0.2, 0.25) is 5.67 Å². The minimum absolute atomic E-state index is 0.0000351. The van der Waals surface area contributed by atoms with Crippen molar-refractivity contribution in [2.75, 3.05) is 0 Å². The van der Waals surface area contributed by atoms with Crippen LogP contribution in [0.2, 0.25) is 0 Å². The van der Waals surface area contributed by atoms with Gasteiger partial charge in [-0.3, -0.25) is 14.4 Å². The zero-order valence-corrected chi connectivity index (χ0v) is 14.1. The first-order chi connectivity index (χ1) is 11.9. The molecule has 1 fully saturated rings. The van der Waals surface area contributed by atoms with Gasteiger partial charge in [0, 0.05) is 38.5 Å². The van der Waals surface area contributed by atoms with Crippen molar-refractivity contribution in [2.24, 2.45) is 0 Å². The minimum Gasteiger partial charge on any atom is -0.330 e. The molecule has 1 aliphatic heterocycles. The molecule has 0 N–H and O–H groups in total. The maximum atomic E-state index is 14.7. The Labute approximate surface area is 146 Å². The van der Waals surface area contributed by atoms with Gasteiger partial charge in [0.15, 0.2) is 5.78 Å². The Hall–Kier alpha value is -2.23. The number of Topliss-reactive ketones (excluding diaryl/α,β-unsaturated/α-hetero) is 1. The summed E-state index contributed by atoms with van der Waals surface area (Å²) in [5, 5.41) is 0.494. The lowest BCUT2D eigenvalue weighted by atomic mass is 9.89. The van der Waals surface area contributed by atoms with Crippen LogP contribution < -0.4 is 0 Å². The zero-order chi connectivity index (χ0) is 18.3. The van der Waals surface area contributed by atoms with Gasteiger partial charge in [-0.2, -0.15) is 0 Å². The summed E-state index contributed by atoms with van der Waals surface area (Å²) in [6.45, 7) is 0. The molecule has 2 amide bonds. The Balaban J connectivity index is 1.71. The Kier molecular flexibility index (Phi) is 6.68. The van der Waals surface area contributed by atoms with E-state index in [1.807, 2.05) is 0 Å². The van der Waals surface area contributed by atoms with Gasteiger partial charge >= 0.3 is 5.97 Å². The highest BCUT2D eigenvalue weighted by Gasteiger charge is 2.36. The smallest absolute Gasteiger partial charge is 0.330 e. The van der Waals surface area contributed by atoms with Gasteiger partial charge < -0.3 is 4.84 Å². The minimum atomic E-state index is -2.07. The third-order valence-electron chi connectivity index (χ3n) is 4.29. The quantitative estimate of drug-likeness (QED) is 0.400. The van der Waals surface area contributed by atoms with Gasteiger partial charge in [0.25, 0.3) is 11.8 Å². The van der Waals surface area contributed by atoms with Crippen molar-refractivity contribution in [2.45, 2.75) is 76.3 Å². The van der Waals surface area contributed by atoms with Crippen LogP contribution in [-0.4, -0.2) is 34.3 Å². The molecule has 0 bridgehead atoms. The average Bonchev–Trinajstić information content (AvgIpc) is 2.87. The number of unbranched alkanes of at least 4 members (excludes halogenated alkanes) is 1. The normalized spacial score (nSPS) is 23.5. The lowest BCUT2D eigenvalue weighted by Gasteiger charge is -2.19. The number of rotatable bonds is 7. The molecule has 2 aliphatic rings. The molecule has 0 aromatic carbocycles. The molecule has 1 saturated heterocycles. The van der Waals surface area contributed by atoms with Gasteiger partial charge in [-0.25, -0.2) is 9.18 Å². The van der Waals surface area contributed by atoms with Crippen LogP contribution in [0.15, 0.2) is 0 Å². The molecule has 25 heavy (non-hydrogen) atoms. The van der Waals surface area contributed by atoms with Gasteiger partial charge in [-0.1, -0.05) is 18.3 Å². The summed E-state index contributed by atoms with van der Waals surface area (Å²) in [5.74, 6) is 2.88. The van der Waals surface area contributed by atoms with Crippen molar-refractivity contribution < 1.29 is 28.4 Å². The molecule has 0 aromatic heterocycles. The van der Waals surface area contributed by atoms with Crippen LogP contribution in [-0.2, 0) is 24.0 Å². The molecule has 136 valence electrons. The Morgan fingerprint density at radius 3 is 2.48 bits per heavy atom. The van der Waals surface area contributed by atoms with Crippen LogP contribution in [0.25, 0.3) is 0 Å². The number of imide groups is 1. The van der Waals surface area contributed by atoms with E-state index in [0.717, 1.165) is 12.8 Å². The molecule has 7 heteroatoms. The van der Waals surface area contributed by atoms with E-state index in [1.54, 1.807) is 0 Å². The average molecular weight is 351 g/mol. The lowest BCUT2D eigenvalue weighted by Crippen LogP contribution is -2.33. The van der Waals surface area contributed by atoms with Crippen LogP contribution in [0.4, 0.5) is 4.39 Å². The molecule has 1 atom stereocenters. The van der Waals surface area contributed by atoms with E-state index in [-0.39, 0.29) is 32.1 Å². The maximum absolute atomic E-state index is 14.7. The van der Waals surface area contributed by atoms with E-state index in [2.05, 4.69) is 11.8 Å². The fraction of sp³-hybridized carbons (Fsp3) is 0.667. The summed E-state index contributed by atoms with van der Waals surface area (Å²) in [6, 6.07) is 0. The lowest BCUT2D eigenvalue weighted by molar-refractivity contribution is -0.197. The second-order valence-electron chi connectivity index (χ2n) is 6.34. The summed E-state index contributed by atoms with van der Waals surface area (Å²) in [4.78, 5) is 51.1. The van der Waals surface area contributed by atoms with Gasteiger partial charge in [0.1, 0.15) is 0 Å². The number of nitrogens with zero attached hydrogens (tertiary/aromatic N) is 1. The largest absolute Gasteiger partial charge is 0.333 e. The van der Waals surface area contributed by atoms with E-state index < -0.39 is 29.2 Å². The molecule has 0 radical (unpaired) electrons. The molecular formula is C18H22FNO5. The molecule has 0 saturated carbocycles. The zero-order valence-electron chi connectivity index (χ0n) is 14.1. The molecule has 0 aromatic rings. The van der Waals surface area contributed by atoms with Gasteiger partial charge in [-0.05, 0) is 25.7 Å². The van der Waals surface area contributed by atoms with Crippen LogP contribution in [0.3, 0.4) is 0 Å². The topological polar surface area (TPSA) is 80.8 Å². The fourth-order valence-corrected chi connectivity index (χ4v) is 2.79. The summed E-state index contributed by atoms with van der Waals surface area (Å²) < 4.78 is 14.7. The summed E-state index contributed by atoms with van der Waals surface area (Å²) in [5.41, 5.74) is -2.07. The van der Waals surface area contributed by atoms with Crippen LogP contribution in [0.5, 0.6) is 0 Å². The third kappa shape index (κ3) is 5.38. The molecule has 2 rings (SSSR count). The highest BCUT2D eigenvalue weighted by molar-refractivity contribution is 6.01. The van der Waals surface area contributed by atoms with Crippen LogP contribution >= 0.6 is 0 Å². The number of alkyl halides is 1. The van der Waals surface area contributed by atoms with Gasteiger partial charge in [-0.15, -0.1) is 5.06 Å². The summed E-state index contributed by atoms with van der Waals surface area (Å²) in [6.07, 6.45) is 3.85. The number of hydroxylamine groups is 2. The van der Waals surface area contributed by atoms with E-state index in [1.165, 1.54) is 0 Å². The number of halogens is 1. The predicted molar refractivity (Wildman–Crippen MR) is 85.4 cm³/mol. The maximum Gasteiger partial charge on any atom is 0.333 e. The first-order valence-electron chi connectivity index (χ1n) is 8.71. The predicted octanol–water partition coefficient (Wildman–Crippen LogP) is 2.40. The second kappa shape index (κ2) is 8.75. The van der Waals surface area contributed by atoms with E-state index >= 15 is 0 Å². The molecule has 1 unspecified atom stereocenters. The first-order valence-corrected chi connectivity index (χ1v) is 8.71. The van der Waals surface area contributed by atoms with E-state index in [0.29, 0.717) is 30.7 Å². The molecule has 0 spiro atoms. The SMILES string of the molecule is O=C(CCCCC(=O)C1(F)C#CCCCCC1)ON1C(=O)CCC1=O. The van der Waals surface area contributed by atoms with Crippen molar-refractivity contribution in [1.82, 2.24) is 5.06 Å².